The molecular weight excluding hydrogens is 311 g/mol. The summed E-state index contributed by atoms with van der Waals surface area (Å²) in [6, 6.07) is 2.71. The zero-order chi connectivity index (χ0) is 15.6. The number of hydrogen-bond acceptors (Lipinski definition) is 4. The van der Waals surface area contributed by atoms with Gasteiger partial charge in [-0.25, -0.2) is 9.78 Å². The Morgan fingerprint density at radius 2 is 1.90 bits per heavy atom. The first-order valence-corrected chi connectivity index (χ1v) is 6.58. The van der Waals surface area contributed by atoms with E-state index in [1.807, 2.05) is 0 Å². The molecule has 1 aromatic heterocycles. The van der Waals surface area contributed by atoms with Crippen LogP contribution in [0.4, 0.5) is 19.0 Å². The highest BCUT2D eigenvalue weighted by atomic mass is 35.5. The van der Waals surface area contributed by atoms with E-state index in [0.717, 1.165) is 0 Å². The van der Waals surface area contributed by atoms with Crippen molar-refractivity contribution in [1.29, 1.82) is 0 Å². The van der Waals surface area contributed by atoms with E-state index in [1.165, 1.54) is 17.0 Å². The van der Waals surface area contributed by atoms with E-state index in [9.17, 15) is 18.0 Å². The summed E-state index contributed by atoms with van der Waals surface area (Å²) in [5.41, 5.74) is -0.0105. The smallest absolute Gasteiger partial charge is 0.401 e. The van der Waals surface area contributed by atoms with Gasteiger partial charge in [0.2, 0.25) is 0 Å². The fraction of sp³-hybridized carbons (Fsp3) is 0.500. The average Bonchev–Trinajstić information content (AvgIpc) is 2.37. The molecule has 0 aliphatic carbocycles. The number of rotatable bonds is 3. The Kier molecular flexibility index (Phi) is 4.58. The predicted molar refractivity (Wildman–Crippen MR) is 70.9 cm³/mol. The van der Waals surface area contributed by atoms with Crippen molar-refractivity contribution in [2.75, 3.05) is 37.6 Å². The van der Waals surface area contributed by atoms with Crippen molar-refractivity contribution in [2.24, 2.45) is 0 Å². The fourth-order valence-corrected chi connectivity index (χ4v) is 2.35. The Morgan fingerprint density at radius 1 is 1.29 bits per heavy atom. The number of carboxylic acid groups (broad SMARTS) is 1. The fourth-order valence-electron chi connectivity index (χ4n) is 2.20. The lowest BCUT2D eigenvalue weighted by atomic mass is 10.2. The molecule has 5 nitrogen and oxygen atoms in total. The molecule has 2 heterocycles. The minimum atomic E-state index is -4.23. The highest BCUT2D eigenvalue weighted by Gasteiger charge is 2.32. The van der Waals surface area contributed by atoms with Crippen LogP contribution in [0.2, 0.25) is 5.15 Å². The van der Waals surface area contributed by atoms with E-state index in [1.54, 1.807) is 4.90 Å². The summed E-state index contributed by atoms with van der Waals surface area (Å²) >= 11 is 5.77. The van der Waals surface area contributed by atoms with Gasteiger partial charge in [0, 0.05) is 26.2 Å². The second-order valence-electron chi connectivity index (χ2n) is 4.69. The number of carbonyl (C=O) groups is 1. The molecule has 2 rings (SSSR count). The van der Waals surface area contributed by atoms with Gasteiger partial charge < -0.3 is 10.0 Å². The van der Waals surface area contributed by atoms with Gasteiger partial charge >= 0.3 is 12.1 Å². The van der Waals surface area contributed by atoms with Gasteiger partial charge in [0.1, 0.15) is 16.5 Å². The molecule has 1 aliphatic heterocycles. The van der Waals surface area contributed by atoms with Crippen LogP contribution in [0.15, 0.2) is 12.1 Å². The van der Waals surface area contributed by atoms with Crippen LogP contribution >= 0.6 is 11.6 Å². The quantitative estimate of drug-likeness (QED) is 0.864. The number of anilines is 1. The maximum atomic E-state index is 12.3. The Hall–Kier alpha value is -1.54. The average molecular weight is 324 g/mol. The molecule has 1 N–H and O–H groups in total. The van der Waals surface area contributed by atoms with Crippen LogP contribution in [0, 0.1) is 0 Å². The number of pyridine rings is 1. The molecule has 9 heteroatoms. The summed E-state index contributed by atoms with van der Waals surface area (Å²) < 4.78 is 37.0. The number of aromatic nitrogens is 1. The van der Waals surface area contributed by atoms with E-state index in [4.69, 9.17) is 16.7 Å². The van der Waals surface area contributed by atoms with Crippen molar-refractivity contribution in [3.8, 4) is 0 Å². The molecule has 0 spiro atoms. The molecule has 1 aliphatic rings. The van der Waals surface area contributed by atoms with Crippen LogP contribution in [0.25, 0.3) is 0 Å². The number of halogens is 4. The van der Waals surface area contributed by atoms with Crippen LogP contribution in [0.1, 0.15) is 10.4 Å². The van der Waals surface area contributed by atoms with Gasteiger partial charge in [-0.05, 0) is 12.1 Å². The molecule has 1 aromatic rings. The monoisotopic (exact) mass is 323 g/mol. The second kappa shape index (κ2) is 6.07. The van der Waals surface area contributed by atoms with Crippen molar-refractivity contribution in [2.45, 2.75) is 6.18 Å². The molecule has 116 valence electrons. The summed E-state index contributed by atoms with van der Waals surface area (Å²) in [5.74, 6) is -0.950. The molecule has 1 saturated heterocycles. The van der Waals surface area contributed by atoms with Gasteiger partial charge in [-0.1, -0.05) is 11.6 Å². The van der Waals surface area contributed by atoms with Crippen LogP contribution in [0.5, 0.6) is 0 Å². The van der Waals surface area contributed by atoms with E-state index in [-0.39, 0.29) is 42.7 Å². The van der Waals surface area contributed by atoms with E-state index in [0.29, 0.717) is 0 Å². The van der Waals surface area contributed by atoms with Crippen molar-refractivity contribution in [3.05, 3.63) is 22.8 Å². The van der Waals surface area contributed by atoms with Crippen LogP contribution in [-0.4, -0.2) is 59.9 Å². The molecule has 1 fully saturated rings. The van der Waals surface area contributed by atoms with E-state index < -0.39 is 18.7 Å². The van der Waals surface area contributed by atoms with Gasteiger partial charge in [0.25, 0.3) is 0 Å². The predicted octanol–water partition coefficient (Wildman–Crippen LogP) is 2.12. The zero-order valence-corrected chi connectivity index (χ0v) is 11.7. The van der Waals surface area contributed by atoms with Gasteiger partial charge in [-0.3, -0.25) is 4.90 Å². The maximum Gasteiger partial charge on any atom is 0.401 e. The standard InChI is InChI=1S/C12H13ClF3N3O2/c13-9-2-1-8(11(20)21)10(17-9)19-5-3-18(4-6-19)7-12(14,15)16/h1-2H,3-7H2,(H,20,21). The minimum Gasteiger partial charge on any atom is -0.478 e. The van der Waals surface area contributed by atoms with Gasteiger partial charge in [0.05, 0.1) is 6.54 Å². The highest BCUT2D eigenvalue weighted by Crippen LogP contribution is 2.23. The lowest BCUT2D eigenvalue weighted by Crippen LogP contribution is -2.49. The Bertz CT molecular complexity index is 531. The third-order valence-corrected chi connectivity index (χ3v) is 3.36. The van der Waals surface area contributed by atoms with Crippen molar-refractivity contribution in [1.82, 2.24) is 9.88 Å². The Balaban J connectivity index is 2.09. The lowest BCUT2D eigenvalue weighted by molar-refractivity contribution is -0.146. The topological polar surface area (TPSA) is 56.7 Å². The molecule has 0 atom stereocenters. The molecule has 0 aromatic carbocycles. The molecule has 0 saturated carbocycles. The van der Waals surface area contributed by atoms with Crippen LogP contribution in [0.3, 0.4) is 0 Å². The van der Waals surface area contributed by atoms with Crippen molar-refractivity contribution in [3.63, 3.8) is 0 Å². The van der Waals surface area contributed by atoms with Crippen LogP contribution in [-0.2, 0) is 0 Å². The zero-order valence-electron chi connectivity index (χ0n) is 10.9. The van der Waals surface area contributed by atoms with Gasteiger partial charge in [0.15, 0.2) is 0 Å². The molecular formula is C12H13ClF3N3O2. The number of hydrogen-bond donors (Lipinski definition) is 1. The number of aromatic carboxylic acids is 1. The SMILES string of the molecule is O=C(O)c1ccc(Cl)nc1N1CCN(CC(F)(F)F)CC1. The van der Waals surface area contributed by atoms with E-state index >= 15 is 0 Å². The molecule has 21 heavy (non-hydrogen) atoms. The number of alkyl halides is 3. The summed E-state index contributed by atoms with van der Waals surface area (Å²) in [6.07, 6.45) is -4.23. The summed E-state index contributed by atoms with van der Waals surface area (Å²) in [6.45, 7) is -0.0530. The molecule has 0 amide bonds. The van der Waals surface area contributed by atoms with E-state index in [2.05, 4.69) is 4.98 Å². The third kappa shape index (κ3) is 4.21. The second-order valence-corrected chi connectivity index (χ2v) is 5.08. The molecule has 0 bridgehead atoms. The molecule has 0 radical (unpaired) electrons. The van der Waals surface area contributed by atoms with Crippen molar-refractivity contribution < 1.29 is 23.1 Å². The third-order valence-electron chi connectivity index (χ3n) is 3.15. The summed E-state index contributed by atoms with van der Waals surface area (Å²) in [4.78, 5) is 18.1. The first-order chi connectivity index (χ1) is 9.76. The number of piperazine rings is 1. The van der Waals surface area contributed by atoms with Gasteiger partial charge in [-0.15, -0.1) is 0 Å². The van der Waals surface area contributed by atoms with Gasteiger partial charge in [-0.2, -0.15) is 13.2 Å². The maximum absolute atomic E-state index is 12.3. The first-order valence-electron chi connectivity index (χ1n) is 6.20. The normalized spacial score (nSPS) is 17.0. The first kappa shape index (κ1) is 15.8. The summed E-state index contributed by atoms with van der Waals surface area (Å²) in [5, 5.41) is 9.27. The molecule has 0 unspecified atom stereocenters. The largest absolute Gasteiger partial charge is 0.478 e. The van der Waals surface area contributed by atoms with Crippen LogP contribution < -0.4 is 4.90 Å². The number of nitrogens with zero attached hydrogens (tertiary/aromatic N) is 3. The summed E-state index contributed by atoms with van der Waals surface area (Å²) in [7, 11) is 0. The Morgan fingerprint density at radius 3 is 2.43 bits per heavy atom. The minimum absolute atomic E-state index is 0.0105. The lowest BCUT2D eigenvalue weighted by Gasteiger charge is -2.36. The Labute approximate surface area is 123 Å². The number of carboxylic acids is 1. The highest BCUT2D eigenvalue weighted by molar-refractivity contribution is 6.29. The van der Waals surface area contributed by atoms with Crippen molar-refractivity contribution >= 4 is 23.4 Å².